The number of aliphatic hydroxyl groups is 6. The number of nitrogens with zero attached hydrogens (tertiary/aromatic N) is 2. The number of nitrogens with two attached hydrogens (primary N) is 2. The normalized spacial score (nSPS) is 12.7. The van der Waals surface area contributed by atoms with Gasteiger partial charge in [0.25, 0.3) is 23.6 Å². The molecule has 0 bridgehead atoms. The van der Waals surface area contributed by atoms with Gasteiger partial charge in [0, 0.05) is 32.5 Å². The van der Waals surface area contributed by atoms with Gasteiger partial charge in [-0.25, -0.2) is 11.7 Å². The lowest BCUT2D eigenvalue weighted by molar-refractivity contribution is -0.00529. The maximum Gasteiger partial charge on any atom is 0.270 e. The van der Waals surface area contributed by atoms with Crippen LogP contribution in [0.5, 0.6) is 0 Å². The number of hydrogen-bond acceptors (Lipinski definition) is 18. The van der Waals surface area contributed by atoms with Crippen molar-refractivity contribution in [2.24, 2.45) is 11.7 Å². The number of benzene rings is 2. The minimum Gasteiger partial charge on any atom is -0.394 e. The second-order valence-electron chi connectivity index (χ2n) is 15.3. The first-order valence-corrected chi connectivity index (χ1v) is 26.7. The van der Waals surface area contributed by atoms with Crippen molar-refractivity contribution in [3.05, 3.63) is 54.8 Å². The van der Waals surface area contributed by atoms with Gasteiger partial charge in [-0.1, -0.05) is 0 Å². The van der Waals surface area contributed by atoms with Crippen LogP contribution in [0, 0.1) is 21.4 Å². The number of nitrogens with one attached hydrogen (secondary N) is 2. The van der Waals surface area contributed by atoms with Crippen LogP contribution >= 0.6 is 136 Å². The van der Waals surface area contributed by atoms with Crippen molar-refractivity contribution in [1.29, 1.82) is 0 Å². The Labute approximate surface area is 474 Å². The fraction of sp³-hybridized carbons (Fsp3) is 0.550. The molecule has 68 heavy (non-hydrogen) atoms. The number of rotatable bonds is 29. The lowest BCUT2D eigenvalue weighted by atomic mass is 9.98. The standard InChI is InChI=1S/C40H54I6N6O16/c1-19(57)33(59)21-27(41)23(35(61)49-39(3,15-53)16-54)31(45)25(29(21)43)37(63)51(47)5-7-65-9-11-67-13-14-68-12-10-66-8-6-52(48)38(64)26-30(44)22(34(60)20(2)58)28(42)24(32(26)46)36(62)50-40(4,17-55)18-56/h19-20,53-58H,5-18,47-48H2,1-4H3,(H,49,61)(H,50,62). The average Bonchev–Trinajstić information content (AvgIpc) is 3.28. The van der Waals surface area contributed by atoms with Crippen molar-refractivity contribution >= 4 is 171 Å². The smallest absolute Gasteiger partial charge is 0.270 e. The van der Waals surface area contributed by atoms with Crippen LogP contribution in [0.4, 0.5) is 0 Å². The SMILES string of the molecule is CC(O)C(=O)c1c(I)c(C(=O)NC(C)(CO)CO)c(I)c(C(=O)N(N)CCOCCOCCOCCOCCN(N)C(=O)c2c(I)c(C(=O)NC(C)(CO)CO)c(I)c(C(=O)C(C)O)c2I)c1I. The molecule has 4 amide bonds. The molecule has 0 radical (unpaired) electrons. The monoisotopic (exact) mass is 1640 g/mol. The summed E-state index contributed by atoms with van der Waals surface area (Å²) in [6.45, 7) is 3.86. The van der Waals surface area contributed by atoms with Gasteiger partial charge in [0.15, 0.2) is 11.6 Å². The van der Waals surface area contributed by atoms with E-state index in [0.29, 0.717) is 0 Å². The molecule has 12 N–H and O–H groups in total. The number of carbonyl (C=O) groups excluding carboxylic acids is 6. The van der Waals surface area contributed by atoms with Gasteiger partial charge in [-0.2, -0.15) is 0 Å². The van der Waals surface area contributed by atoms with Crippen molar-refractivity contribution < 1.29 is 78.4 Å². The van der Waals surface area contributed by atoms with Gasteiger partial charge < -0.3 is 60.2 Å². The lowest BCUT2D eigenvalue weighted by Gasteiger charge is -2.28. The molecule has 2 aromatic carbocycles. The van der Waals surface area contributed by atoms with Gasteiger partial charge in [-0.15, -0.1) is 0 Å². The maximum atomic E-state index is 13.7. The van der Waals surface area contributed by atoms with E-state index in [2.05, 4.69) is 10.6 Å². The van der Waals surface area contributed by atoms with Gasteiger partial charge in [-0.05, 0) is 163 Å². The number of ketones is 2. The predicted molar refractivity (Wildman–Crippen MR) is 295 cm³/mol. The van der Waals surface area contributed by atoms with E-state index in [-0.39, 0.29) is 121 Å². The maximum absolute atomic E-state index is 13.7. The first kappa shape index (κ1) is 63.7. The molecule has 0 spiro atoms. The Morgan fingerprint density at radius 1 is 0.485 bits per heavy atom. The number of hydrogen-bond donors (Lipinski definition) is 10. The summed E-state index contributed by atoms with van der Waals surface area (Å²) >= 11 is 10.8. The van der Waals surface area contributed by atoms with Crippen LogP contribution < -0.4 is 22.3 Å². The Balaban J connectivity index is 1.88. The van der Waals surface area contributed by atoms with Gasteiger partial charge in [0.05, 0.1) is 126 Å². The highest BCUT2D eigenvalue weighted by Gasteiger charge is 2.37. The summed E-state index contributed by atoms with van der Waals surface area (Å²) in [4.78, 5) is 80.4. The van der Waals surface area contributed by atoms with Crippen molar-refractivity contribution in [3.63, 3.8) is 0 Å². The van der Waals surface area contributed by atoms with E-state index >= 15 is 0 Å². The summed E-state index contributed by atoms with van der Waals surface area (Å²) in [5, 5.41) is 66.0. The number of Topliss-reactive ketones (excluding diaryl/α,β-unsaturated/α-hetero) is 2. The van der Waals surface area contributed by atoms with Gasteiger partial charge >= 0.3 is 0 Å². The second kappa shape index (κ2) is 30.1. The Morgan fingerprint density at radius 3 is 0.971 bits per heavy atom. The molecule has 2 unspecified atom stereocenters. The van der Waals surface area contributed by atoms with E-state index in [0.717, 1.165) is 10.0 Å². The molecule has 0 heterocycles. The molecule has 0 aliphatic carbocycles. The molecule has 22 nitrogen and oxygen atoms in total. The van der Waals surface area contributed by atoms with Crippen LogP contribution in [0.15, 0.2) is 0 Å². The van der Waals surface area contributed by atoms with E-state index in [1.807, 2.05) is 0 Å². The molecular formula is C40H54I6N6O16. The number of amides is 4. The zero-order valence-electron chi connectivity index (χ0n) is 37.1. The molecule has 0 saturated heterocycles. The number of ether oxygens (including phenoxy) is 4. The van der Waals surface area contributed by atoms with Crippen LogP contribution in [-0.2, 0) is 18.9 Å². The minimum atomic E-state index is -1.46. The van der Waals surface area contributed by atoms with Gasteiger partial charge in [0.1, 0.15) is 12.2 Å². The van der Waals surface area contributed by atoms with Gasteiger partial charge in [-0.3, -0.25) is 38.8 Å². The van der Waals surface area contributed by atoms with Crippen LogP contribution in [-0.4, -0.2) is 192 Å². The fourth-order valence-electron chi connectivity index (χ4n) is 5.46. The highest BCUT2D eigenvalue weighted by Crippen LogP contribution is 2.35. The zero-order chi connectivity index (χ0) is 51.8. The number of hydrazine groups is 2. The zero-order valence-corrected chi connectivity index (χ0v) is 50.1. The Bertz CT molecular complexity index is 2000. The van der Waals surface area contributed by atoms with Gasteiger partial charge in [0.2, 0.25) is 0 Å². The minimum absolute atomic E-state index is 0.00239. The summed E-state index contributed by atoms with van der Waals surface area (Å²) < 4.78 is 23.2. The van der Waals surface area contributed by atoms with Crippen LogP contribution in [0.1, 0.15) is 89.8 Å². The molecule has 0 aliphatic heterocycles. The van der Waals surface area contributed by atoms with E-state index in [1.54, 1.807) is 136 Å². The second-order valence-corrected chi connectivity index (χ2v) is 21.8. The Kier molecular flexibility index (Phi) is 28.1. The molecule has 382 valence electrons. The summed E-state index contributed by atoms with van der Waals surface area (Å²) in [6.07, 6.45) is -2.91. The predicted octanol–water partition coefficient (Wildman–Crippen LogP) is 0.786. The summed E-state index contributed by atoms with van der Waals surface area (Å²) in [6, 6.07) is 0. The summed E-state index contributed by atoms with van der Waals surface area (Å²) in [5.74, 6) is 7.78. The van der Waals surface area contributed by atoms with E-state index in [9.17, 15) is 59.4 Å². The molecule has 0 aromatic heterocycles. The third-order valence-corrected chi connectivity index (χ3v) is 16.1. The van der Waals surface area contributed by atoms with Crippen molar-refractivity contribution in [1.82, 2.24) is 20.7 Å². The van der Waals surface area contributed by atoms with Crippen LogP contribution in [0.25, 0.3) is 0 Å². The highest BCUT2D eigenvalue weighted by molar-refractivity contribution is 14.1. The van der Waals surface area contributed by atoms with E-state index in [4.69, 9.17) is 30.6 Å². The Hall–Kier alpha value is -0.440. The average molecular weight is 1640 g/mol. The number of carbonyl (C=O) groups is 6. The quantitative estimate of drug-likeness (QED) is 0.0134. The third-order valence-electron chi connectivity index (χ3n) is 9.58. The van der Waals surface area contributed by atoms with Crippen LogP contribution in [0.2, 0.25) is 0 Å². The molecule has 2 atom stereocenters. The first-order chi connectivity index (χ1) is 31.8. The summed E-state index contributed by atoms with van der Waals surface area (Å²) in [5.41, 5.74) is -3.19. The van der Waals surface area contributed by atoms with E-state index in [1.165, 1.54) is 27.7 Å². The lowest BCUT2D eigenvalue weighted by Crippen LogP contribution is -2.52. The molecule has 2 aromatic rings. The first-order valence-electron chi connectivity index (χ1n) is 20.2. The highest BCUT2D eigenvalue weighted by atomic mass is 127. The molecule has 0 aliphatic rings. The number of halogens is 6. The number of aliphatic hydroxyl groups excluding tert-OH is 6. The third kappa shape index (κ3) is 17.1. The molecule has 28 heteroatoms. The molecule has 0 saturated carbocycles. The molecular weight excluding hydrogens is 1580 g/mol. The molecule has 0 fully saturated rings. The van der Waals surface area contributed by atoms with Crippen molar-refractivity contribution in [2.75, 3.05) is 92.4 Å². The fourth-order valence-corrected chi connectivity index (χ4v) is 14.8. The van der Waals surface area contributed by atoms with Crippen molar-refractivity contribution in [3.8, 4) is 0 Å². The van der Waals surface area contributed by atoms with Crippen molar-refractivity contribution in [2.45, 2.75) is 51.0 Å². The topological polar surface area (TPSA) is 343 Å². The Morgan fingerprint density at radius 2 is 0.721 bits per heavy atom. The molecule has 2 rings (SSSR count). The summed E-state index contributed by atoms with van der Waals surface area (Å²) in [7, 11) is 0. The van der Waals surface area contributed by atoms with Crippen LogP contribution in [0.3, 0.4) is 0 Å². The van der Waals surface area contributed by atoms with E-state index < -0.39 is 84.9 Å². The largest absolute Gasteiger partial charge is 0.394 e.